The molecule has 4 aromatic carbocycles. The first-order chi connectivity index (χ1) is 22.0. The van der Waals surface area contributed by atoms with Crippen LogP contribution in [0.3, 0.4) is 0 Å². The van der Waals surface area contributed by atoms with Crippen molar-refractivity contribution in [2.45, 2.75) is 38.3 Å². The highest BCUT2D eigenvalue weighted by Crippen LogP contribution is 2.35. The van der Waals surface area contributed by atoms with E-state index in [4.69, 9.17) is 9.47 Å². The van der Waals surface area contributed by atoms with Crippen LogP contribution >= 0.6 is 0 Å². The molecule has 1 N–H and O–H groups in total. The fourth-order valence-corrected chi connectivity index (χ4v) is 5.12. The highest BCUT2D eigenvalue weighted by Gasteiger charge is 2.52. The summed E-state index contributed by atoms with van der Waals surface area (Å²) in [5, 5.41) is 2.64. The number of hydrogen-bond donors (Lipinski definition) is 1. The number of halogens is 3. The van der Waals surface area contributed by atoms with Gasteiger partial charge in [-0.3, -0.25) is 19.2 Å². The number of amides is 1. The van der Waals surface area contributed by atoms with Crippen molar-refractivity contribution in [3.63, 3.8) is 0 Å². The highest BCUT2D eigenvalue weighted by atomic mass is 19.4. The van der Waals surface area contributed by atoms with Gasteiger partial charge < -0.3 is 14.8 Å². The van der Waals surface area contributed by atoms with E-state index >= 15 is 0 Å². The molecule has 1 amide bonds. The molecule has 0 aliphatic carbocycles. The number of rotatable bonds is 12. The first-order valence-electron chi connectivity index (χ1n) is 14.6. The van der Waals surface area contributed by atoms with Crippen LogP contribution in [0, 0.1) is 0 Å². The molecule has 0 bridgehead atoms. The fourth-order valence-electron chi connectivity index (χ4n) is 5.12. The van der Waals surface area contributed by atoms with Crippen LogP contribution < -0.4 is 5.32 Å². The van der Waals surface area contributed by atoms with Crippen molar-refractivity contribution in [3.05, 3.63) is 125 Å². The van der Waals surface area contributed by atoms with Crippen molar-refractivity contribution in [1.82, 2.24) is 0 Å². The van der Waals surface area contributed by atoms with E-state index in [0.717, 1.165) is 12.1 Å². The number of hydrogen-bond acceptors (Lipinski definition) is 6. The SMILES string of the molecule is CCOC(=O)C(CC(=O)Cc1cccc(NC(=O)c2cc(C(F)(F)F)ccc2-c2ccccc2)c1)(C(=O)OCC)c1ccccc1. The van der Waals surface area contributed by atoms with Gasteiger partial charge in [-0.2, -0.15) is 13.2 Å². The summed E-state index contributed by atoms with van der Waals surface area (Å²) in [6, 6.07) is 25.8. The molecular formula is C36H32F3NO6. The number of nitrogens with one attached hydrogen (secondary N) is 1. The average Bonchev–Trinajstić information content (AvgIpc) is 3.04. The van der Waals surface area contributed by atoms with Crippen molar-refractivity contribution in [2.24, 2.45) is 0 Å². The predicted molar refractivity (Wildman–Crippen MR) is 166 cm³/mol. The second-order valence-electron chi connectivity index (χ2n) is 10.4. The third-order valence-corrected chi connectivity index (χ3v) is 7.24. The van der Waals surface area contributed by atoms with Gasteiger partial charge in [-0.15, -0.1) is 0 Å². The summed E-state index contributed by atoms with van der Waals surface area (Å²) in [5.41, 5.74) is -1.40. The summed E-state index contributed by atoms with van der Waals surface area (Å²) in [4.78, 5) is 53.5. The van der Waals surface area contributed by atoms with Gasteiger partial charge in [0.05, 0.1) is 18.8 Å². The molecule has 46 heavy (non-hydrogen) atoms. The largest absolute Gasteiger partial charge is 0.465 e. The zero-order chi connectivity index (χ0) is 33.3. The maximum Gasteiger partial charge on any atom is 0.416 e. The van der Waals surface area contributed by atoms with Crippen molar-refractivity contribution in [3.8, 4) is 11.1 Å². The number of carbonyl (C=O) groups is 4. The third kappa shape index (κ3) is 7.69. The molecule has 10 heteroatoms. The monoisotopic (exact) mass is 631 g/mol. The van der Waals surface area contributed by atoms with Crippen molar-refractivity contribution in [2.75, 3.05) is 18.5 Å². The smallest absolute Gasteiger partial charge is 0.416 e. The molecular weight excluding hydrogens is 599 g/mol. The van der Waals surface area contributed by atoms with Crippen LogP contribution in [0.5, 0.6) is 0 Å². The molecule has 0 fully saturated rings. The van der Waals surface area contributed by atoms with Crippen molar-refractivity contribution < 1.29 is 41.8 Å². The topological polar surface area (TPSA) is 98.8 Å². The van der Waals surface area contributed by atoms with E-state index in [1.165, 1.54) is 18.2 Å². The number of ketones is 1. The van der Waals surface area contributed by atoms with Gasteiger partial charge in [0.15, 0.2) is 5.41 Å². The summed E-state index contributed by atoms with van der Waals surface area (Å²) < 4.78 is 51.2. The van der Waals surface area contributed by atoms with Gasteiger partial charge in [-0.1, -0.05) is 78.9 Å². The average molecular weight is 632 g/mol. The summed E-state index contributed by atoms with van der Waals surface area (Å²) in [5.74, 6) is -3.09. The van der Waals surface area contributed by atoms with E-state index in [1.54, 1.807) is 86.6 Å². The Bertz CT molecular complexity index is 1690. The van der Waals surface area contributed by atoms with Crippen molar-refractivity contribution >= 4 is 29.3 Å². The number of esters is 2. The first-order valence-corrected chi connectivity index (χ1v) is 14.6. The number of alkyl halides is 3. The van der Waals surface area contributed by atoms with E-state index in [1.807, 2.05) is 0 Å². The minimum absolute atomic E-state index is 0.0272. The molecule has 0 saturated carbocycles. The van der Waals surface area contributed by atoms with Crippen molar-refractivity contribution in [1.29, 1.82) is 0 Å². The Labute approximate surface area is 264 Å². The van der Waals surface area contributed by atoms with Crippen LogP contribution in [-0.2, 0) is 41.9 Å². The fraction of sp³-hybridized carbons (Fsp3) is 0.222. The number of benzene rings is 4. The Hall–Kier alpha value is -5.25. The number of Topliss-reactive ketones (excluding diaryl/α,β-unsaturated/α-hetero) is 1. The van der Waals surface area contributed by atoms with Crippen LogP contribution in [0.1, 0.15) is 47.3 Å². The maximum absolute atomic E-state index is 13.6. The van der Waals surface area contributed by atoms with Gasteiger partial charge in [0.25, 0.3) is 5.91 Å². The zero-order valence-electron chi connectivity index (χ0n) is 25.2. The van der Waals surface area contributed by atoms with E-state index in [2.05, 4.69) is 5.32 Å². The zero-order valence-corrected chi connectivity index (χ0v) is 25.2. The summed E-state index contributed by atoms with van der Waals surface area (Å²) >= 11 is 0. The molecule has 0 spiro atoms. The standard InChI is InChI=1S/C36H32F3NO6/c1-3-45-33(43)35(34(44)46-4-2,26-15-9-6-10-16-26)23-29(41)21-24-12-11-17-28(20-24)40-32(42)31-22-27(36(37,38)39)18-19-30(31)25-13-7-5-8-14-25/h5-20,22H,3-4,21,23H2,1-2H3,(H,40,42). The molecule has 4 aromatic rings. The lowest BCUT2D eigenvalue weighted by Crippen LogP contribution is -2.48. The molecule has 4 rings (SSSR count). The minimum Gasteiger partial charge on any atom is -0.465 e. The molecule has 0 atom stereocenters. The lowest BCUT2D eigenvalue weighted by molar-refractivity contribution is -0.166. The quantitative estimate of drug-likeness (QED) is 0.131. The maximum atomic E-state index is 13.6. The number of anilines is 1. The Morgan fingerprint density at radius 2 is 1.30 bits per heavy atom. The number of ether oxygens (including phenoxy) is 2. The molecule has 7 nitrogen and oxygen atoms in total. The lowest BCUT2D eigenvalue weighted by Gasteiger charge is -2.29. The normalized spacial score (nSPS) is 11.4. The van der Waals surface area contributed by atoms with Crippen LogP contribution in [0.2, 0.25) is 0 Å². The van der Waals surface area contributed by atoms with E-state index in [9.17, 15) is 32.3 Å². The third-order valence-electron chi connectivity index (χ3n) is 7.24. The Morgan fingerprint density at radius 1 is 0.696 bits per heavy atom. The molecule has 0 aromatic heterocycles. The minimum atomic E-state index is -4.66. The molecule has 0 saturated heterocycles. The van der Waals surface area contributed by atoms with Gasteiger partial charge in [-0.25, -0.2) is 0 Å². The van der Waals surface area contributed by atoms with Gasteiger partial charge in [0.1, 0.15) is 5.78 Å². The molecule has 0 unspecified atom stereocenters. The van der Waals surface area contributed by atoms with Gasteiger partial charge in [-0.05, 0) is 60.4 Å². The van der Waals surface area contributed by atoms with Crippen LogP contribution in [0.15, 0.2) is 103 Å². The van der Waals surface area contributed by atoms with Gasteiger partial charge in [0.2, 0.25) is 0 Å². The Morgan fingerprint density at radius 3 is 1.89 bits per heavy atom. The van der Waals surface area contributed by atoms with E-state index in [-0.39, 0.29) is 36.4 Å². The molecule has 238 valence electrons. The Balaban J connectivity index is 1.61. The Kier molecular flexibility index (Phi) is 10.7. The van der Waals surface area contributed by atoms with E-state index < -0.39 is 47.2 Å². The highest BCUT2D eigenvalue weighted by molar-refractivity contribution is 6.10. The number of carbonyl (C=O) groups excluding carboxylic acids is 4. The lowest BCUT2D eigenvalue weighted by atomic mass is 9.75. The molecule has 0 aliphatic rings. The van der Waals surface area contributed by atoms with Gasteiger partial charge >= 0.3 is 18.1 Å². The second-order valence-corrected chi connectivity index (χ2v) is 10.4. The first kappa shape index (κ1) is 33.6. The van der Waals surface area contributed by atoms with Crippen LogP contribution in [0.4, 0.5) is 18.9 Å². The van der Waals surface area contributed by atoms with E-state index in [0.29, 0.717) is 16.7 Å². The molecule has 0 aliphatic heterocycles. The van der Waals surface area contributed by atoms with Gasteiger partial charge in [0, 0.05) is 24.1 Å². The summed E-state index contributed by atoms with van der Waals surface area (Å²) in [7, 11) is 0. The molecule has 0 heterocycles. The van der Waals surface area contributed by atoms with Crippen LogP contribution in [-0.4, -0.2) is 36.8 Å². The summed E-state index contributed by atoms with van der Waals surface area (Å²) in [6.07, 6.45) is -5.43. The summed E-state index contributed by atoms with van der Waals surface area (Å²) in [6.45, 7) is 3.12. The molecule has 0 radical (unpaired) electrons. The second kappa shape index (κ2) is 14.7. The predicted octanol–water partition coefficient (Wildman–Crippen LogP) is 7.19. The van der Waals surface area contributed by atoms with Crippen LogP contribution in [0.25, 0.3) is 11.1 Å².